The van der Waals surface area contributed by atoms with E-state index >= 15 is 0 Å². The first-order valence-electron chi connectivity index (χ1n) is 6.68. The van der Waals surface area contributed by atoms with Gasteiger partial charge in [-0.05, 0) is 25.0 Å². The molecule has 1 aromatic heterocycles. The average Bonchev–Trinajstić information content (AvgIpc) is 2.79. The number of aryl methyl sites for hydroxylation is 1. The summed E-state index contributed by atoms with van der Waals surface area (Å²) in [5.41, 5.74) is 2.77. The zero-order valence-corrected chi connectivity index (χ0v) is 12.4. The summed E-state index contributed by atoms with van der Waals surface area (Å²) in [6.45, 7) is 1.91. The monoisotopic (exact) mass is 287 g/mol. The summed E-state index contributed by atoms with van der Waals surface area (Å²) in [5, 5.41) is 7.27. The van der Waals surface area contributed by atoms with E-state index in [1.165, 1.54) is 10.5 Å². The van der Waals surface area contributed by atoms with Crippen molar-refractivity contribution in [2.24, 2.45) is 7.05 Å². The summed E-state index contributed by atoms with van der Waals surface area (Å²) in [6, 6.07) is 8.39. The maximum atomic E-state index is 12.4. The van der Waals surface area contributed by atoms with Gasteiger partial charge in [0.1, 0.15) is 0 Å². The number of hydrogen-bond donors (Lipinski definition) is 1. The second-order valence-electron chi connectivity index (χ2n) is 4.97. The van der Waals surface area contributed by atoms with Crippen LogP contribution in [0.1, 0.15) is 34.1 Å². The second kappa shape index (κ2) is 5.32. The molecule has 1 aromatic carbocycles. The predicted molar refractivity (Wildman–Crippen MR) is 79.9 cm³/mol. The largest absolute Gasteiger partial charge is 0.345 e. The fourth-order valence-electron chi connectivity index (χ4n) is 2.45. The van der Waals surface area contributed by atoms with Crippen molar-refractivity contribution >= 4 is 17.7 Å². The van der Waals surface area contributed by atoms with Crippen LogP contribution in [0.2, 0.25) is 0 Å². The normalized spacial score (nSPS) is 17.6. The molecule has 0 spiro atoms. The summed E-state index contributed by atoms with van der Waals surface area (Å²) < 4.78 is 1.72. The number of aromatic nitrogens is 2. The molecule has 0 bridgehead atoms. The van der Waals surface area contributed by atoms with Crippen molar-refractivity contribution in [1.29, 1.82) is 0 Å². The molecule has 104 valence electrons. The Kier molecular flexibility index (Phi) is 3.53. The van der Waals surface area contributed by atoms with Gasteiger partial charge in [0.2, 0.25) is 0 Å². The first-order chi connectivity index (χ1) is 9.66. The van der Waals surface area contributed by atoms with Crippen LogP contribution in [0.5, 0.6) is 0 Å². The summed E-state index contributed by atoms with van der Waals surface area (Å²) in [6.07, 6.45) is 2.60. The number of nitrogens with zero attached hydrogens (tertiary/aromatic N) is 2. The van der Waals surface area contributed by atoms with E-state index in [1.54, 1.807) is 10.9 Å². The van der Waals surface area contributed by atoms with Gasteiger partial charge in [-0.1, -0.05) is 18.2 Å². The van der Waals surface area contributed by atoms with Crippen LogP contribution in [0.25, 0.3) is 0 Å². The summed E-state index contributed by atoms with van der Waals surface area (Å²) in [7, 11) is 1.85. The van der Waals surface area contributed by atoms with Gasteiger partial charge in [0, 0.05) is 23.4 Å². The van der Waals surface area contributed by atoms with Crippen LogP contribution in [0.15, 0.2) is 35.4 Å². The van der Waals surface area contributed by atoms with E-state index in [4.69, 9.17) is 0 Å². The molecule has 3 rings (SSSR count). The Morgan fingerprint density at radius 3 is 3.00 bits per heavy atom. The van der Waals surface area contributed by atoms with Crippen molar-refractivity contribution < 1.29 is 4.79 Å². The molecule has 4 nitrogen and oxygen atoms in total. The first kappa shape index (κ1) is 13.2. The van der Waals surface area contributed by atoms with E-state index in [9.17, 15) is 4.79 Å². The van der Waals surface area contributed by atoms with Crippen LogP contribution in [0.4, 0.5) is 0 Å². The van der Waals surface area contributed by atoms with Crippen LogP contribution in [-0.4, -0.2) is 21.4 Å². The van der Waals surface area contributed by atoms with Crippen LogP contribution >= 0.6 is 11.8 Å². The topological polar surface area (TPSA) is 46.9 Å². The fourth-order valence-corrected chi connectivity index (χ4v) is 3.57. The summed E-state index contributed by atoms with van der Waals surface area (Å²) >= 11 is 1.85. The lowest BCUT2D eigenvalue weighted by Gasteiger charge is -2.25. The third kappa shape index (κ3) is 2.33. The Hall–Kier alpha value is -1.75. The zero-order chi connectivity index (χ0) is 14.1. The third-order valence-corrected chi connectivity index (χ3v) is 4.87. The van der Waals surface area contributed by atoms with Crippen LogP contribution in [-0.2, 0) is 7.05 Å². The van der Waals surface area contributed by atoms with Gasteiger partial charge >= 0.3 is 0 Å². The lowest BCUT2D eigenvalue weighted by molar-refractivity contribution is 0.0934. The van der Waals surface area contributed by atoms with Crippen molar-refractivity contribution in [3.8, 4) is 0 Å². The molecule has 0 saturated carbocycles. The molecule has 0 saturated heterocycles. The van der Waals surface area contributed by atoms with Gasteiger partial charge in [0.05, 0.1) is 17.8 Å². The third-order valence-electron chi connectivity index (χ3n) is 3.74. The molecule has 1 aliphatic heterocycles. The summed E-state index contributed by atoms with van der Waals surface area (Å²) in [5.74, 6) is 0.996. The molecular weight excluding hydrogens is 270 g/mol. The number of rotatable bonds is 2. The van der Waals surface area contributed by atoms with Crippen LogP contribution in [0.3, 0.4) is 0 Å². The fraction of sp³-hybridized carbons (Fsp3) is 0.333. The molecule has 0 fully saturated rings. The number of amides is 1. The Labute approximate surface area is 122 Å². The Morgan fingerprint density at radius 2 is 2.25 bits per heavy atom. The van der Waals surface area contributed by atoms with Gasteiger partial charge in [0.15, 0.2) is 0 Å². The number of nitrogens with one attached hydrogen (secondary N) is 1. The van der Waals surface area contributed by atoms with Gasteiger partial charge in [-0.15, -0.1) is 11.8 Å². The van der Waals surface area contributed by atoms with Crippen LogP contribution in [0, 0.1) is 6.92 Å². The molecule has 1 N–H and O–H groups in total. The highest BCUT2D eigenvalue weighted by atomic mass is 32.2. The lowest BCUT2D eigenvalue weighted by Crippen LogP contribution is -2.30. The Balaban J connectivity index is 1.82. The average molecular weight is 287 g/mol. The van der Waals surface area contributed by atoms with Crippen LogP contribution < -0.4 is 5.32 Å². The van der Waals surface area contributed by atoms with E-state index < -0.39 is 0 Å². The molecule has 1 amide bonds. The molecule has 2 aromatic rings. The molecular formula is C15H17N3OS. The highest BCUT2D eigenvalue weighted by Crippen LogP contribution is 2.35. The maximum absolute atomic E-state index is 12.4. The molecule has 0 aliphatic carbocycles. The molecule has 2 heterocycles. The van der Waals surface area contributed by atoms with Gasteiger partial charge in [-0.25, -0.2) is 0 Å². The Morgan fingerprint density at radius 1 is 1.45 bits per heavy atom. The number of carbonyl (C=O) groups excluding carboxylic acids is 1. The number of carbonyl (C=O) groups is 1. The second-order valence-corrected chi connectivity index (χ2v) is 6.11. The molecule has 20 heavy (non-hydrogen) atoms. The minimum absolute atomic E-state index is 0.0395. The number of thioether (sulfide) groups is 1. The molecule has 1 atom stereocenters. The number of benzene rings is 1. The highest BCUT2D eigenvalue weighted by molar-refractivity contribution is 7.99. The van der Waals surface area contributed by atoms with E-state index in [1.807, 2.05) is 37.9 Å². The predicted octanol–water partition coefficient (Wildman–Crippen LogP) is 2.70. The number of fused-ring (bicyclic) bond motifs is 1. The molecule has 0 radical (unpaired) electrons. The van der Waals surface area contributed by atoms with Crippen molar-refractivity contribution in [3.63, 3.8) is 0 Å². The van der Waals surface area contributed by atoms with Crippen molar-refractivity contribution in [1.82, 2.24) is 15.1 Å². The maximum Gasteiger partial charge on any atom is 0.255 e. The lowest BCUT2D eigenvalue weighted by atomic mass is 10.0. The van der Waals surface area contributed by atoms with Gasteiger partial charge in [0.25, 0.3) is 5.91 Å². The van der Waals surface area contributed by atoms with Crippen molar-refractivity contribution in [2.75, 3.05) is 5.75 Å². The smallest absolute Gasteiger partial charge is 0.255 e. The van der Waals surface area contributed by atoms with E-state index in [2.05, 4.69) is 22.5 Å². The Bertz CT molecular complexity index is 650. The SMILES string of the molecule is Cc1c(C(=O)N[C@H]2CCSc3ccccc32)cnn1C. The minimum Gasteiger partial charge on any atom is -0.345 e. The van der Waals surface area contributed by atoms with E-state index in [-0.39, 0.29) is 11.9 Å². The number of hydrogen-bond acceptors (Lipinski definition) is 3. The van der Waals surface area contributed by atoms with E-state index in [0.717, 1.165) is 17.9 Å². The van der Waals surface area contributed by atoms with Gasteiger partial charge < -0.3 is 5.32 Å². The standard InChI is InChI=1S/C15H17N3OS/c1-10-12(9-16-18(10)2)15(19)17-13-7-8-20-14-6-4-3-5-11(13)14/h3-6,9,13H,7-8H2,1-2H3,(H,17,19)/t13-/m0/s1. The molecule has 0 unspecified atom stereocenters. The van der Waals surface area contributed by atoms with E-state index in [0.29, 0.717) is 5.56 Å². The zero-order valence-electron chi connectivity index (χ0n) is 11.6. The van der Waals surface area contributed by atoms with Gasteiger partial charge in [-0.2, -0.15) is 5.10 Å². The quantitative estimate of drug-likeness (QED) is 0.924. The molecule has 1 aliphatic rings. The molecule has 5 heteroatoms. The summed E-state index contributed by atoms with van der Waals surface area (Å²) in [4.78, 5) is 13.7. The first-order valence-corrected chi connectivity index (χ1v) is 7.66. The van der Waals surface area contributed by atoms with Gasteiger partial charge in [-0.3, -0.25) is 9.48 Å². The van der Waals surface area contributed by atoms with Crippen molar-refractivity contribution in [2.45, 2.75) is 24.3 Å². The van der Waals surface area contributed by atoms with Crippen molar-refractivity contribution in [3.05, 3.63) is 47.3 Å². The highest BCUT2D eigenvalue weighted by Gasteiger charge is 2.23. The minimum atomic E-state index is -0.0395.